The number of para-hydroxylation sites is 3. The molecule has 0 aliphatic heterocycles. The van der Waals surface area contributed by atoms with Crippen LogP contribution in [0.2, 0.25) is 0 Å². The molecular weight excluding hydrogens is 677 g/mol. The lowest BCUT2D eigenvalue weighted by atomic mass is 9.92. The van der Waals surface area contributed by atoms with E-state index in [0.29, 0.717) is 0 Å². The van der Waals surface area contributed by atoms with Crippen molar-refractivity contribution in [3.63, 3.8) is 0 Å². The molecule has 0 saturated carbocycles. The number of hydrogen-bond acceptors (Lipinski definition) is 0. The van der Waals surface area contributed by atoms with Crippen LogP contribution in [0.5, 0.6) is 0 Å². The van der Waals surface area contributed by atoms with E-state index in [1.807, 2.05) is 0 Å². The van der Waals surface area contributed by atoms with Crippen LogP contribution in [-0.2, 0) is 0 Å². The van der Waals surface area contributed by atoms with E-state index < -0.39 is 0 Å². The molecule has 0 aliphatic carbocycles. The van der Waals surface area contributed by atoms with Crippen LogP contribution in [0.15, 0.2) is 206 Å². The zero-order valence-electron chi connectivity index (χ0n) is 30.5. The molecule has 0 atom stereocenters. The summed E-state index contributed by atoms with van der Waals surface area (Å²) in [5, 5.41) is 12.8. The van der Waals surface area contributed by atoms with Crippen molar-refractivity contribution < 1.29 is 0 Å². The maximum atomic E-state index is 2.41. The maximum Gasteiger partial charge on any atom is 0.0541 e. The van der Waals surface area contributed by atoms with Crippen molar-refractivity contribution in [2.45, 2.75) is 0 Å². The minimum atomic E-state index is 1.16. The van der Waals surface area contributed by atoms with E-state index in [9.17, 15) is 0 Å². The molecule has 0 N–H and O–H groups in total. The van der Waals surface area contributed by atoms with E-state index >= 15 is 0 Å². The molecule has 2 nitrogen and oxygen atoms in total. The molecule has 10 aromatic carbocycles. The summed E-state index contributed by atoms with van der Waals surface area (Å²) in [4.78, 5) is 0. The molecular formula is C54H34N2. The van der Waals surface area contributed by atoms with Crippen LogP contribution in [0, 0.1) is 0 Å². The number of nitrogens with zero attached hydrogens (tertiary/aromatic N) is 2. The summed E-state index contributed by atoms with van der Waals surface area (Å²) < 4.78 is 4.79. The Balaban J connectivity index is 1.02. The fraction of sp³-hybridized carbons (Fsp3) is 0. The average Bonchev–Trinajstić information content (AvgIpc) is 3.79. The molecule has 0 amide bonds. The van der Waals surface area contributed by atoms with Crippen molar-refractivity contribution in [1.82, 2.24) is 9.13 Å². The fourth-order valence-electron chi connectivity index (χ4n) is 9.33. The average molecular weight is 711 g/mol. The highest BCUT2D eigenvalue weighted by Gasteiger charge is 2.17. The molecule has 2 heterocycles. The fourth-order valence-corrected chi connectivity index (χ4v) is 9.33. The highest BCUT2D eigenvalue weighted by atomic mass is 15.0. The molecule has 0 aliphatic rings. The Morgan fingerprint density at radius 2 is 0.536 bits per heavy atom. The van der Waals surface area contributed by atoms with Gasteiger partial charge in [0, 0.05) is 32.9 Å². The predicted octanol–water partition coefficient (Wildman–Crippen LogP) is 14.7. The molecule has 260 valence electrons. The Morgan fingerprint density at radius 3 is 1.07 bits per heavy atom. The lowest BCUT2D eigenvalue weighted by molar-refractivity contribution is 1.18. The molecule has 0 fully saturated rings. The van der Waals surface area contributed by atoms with Gasteiger partial charge in [0.1, 0.15) is 0 Å². The van der Waals surface area contributed by atoms with Gasteiger partial charge in [-0.15, -0.1) is 0 Å². The van der Waals surface area contributed by atoms with Gasteiger partial charge in [-0.1, -0.05) is 140 Å². The van der Waals surface area contributed by atoms with E-state index in [1.54, 1.807) is 0 Å². The second-order valence-corrected chi connectivity index (χ2v) is 14.9. The highest BCUT2D eigenvalue weighted by Crippen LogP contribution is 2.41. The first kappa shape index (κ1) is 31.0. The van der Waals surface area contributed by atoms with Crippen LogP contribution in [-0.4, -0.2) is 9.13 Å². The molecule has 0 bridgehead atoms. The Morgan fingerprint density at radius 1 is 0.196 bits per heavy atom. The Hall–Kier alpha value is -7.42. The normalized spacial score (nSPS) is 11.9. The van der Waals surface area contributed by atoms with Crippen molar-refractivity contribution >= 4 is 75.9 Å². The first-order valence-corrected chi connectivity index (χ1v) is 19.3. The minimum Gasteiger partial charge on any atom is -0.309 e. The van der Waals surface area contributed by atoms with E-state index in [4.69, 9.17) is 0 Å². The predicted molar refractivity (Wildman–Crippen MR) is 239 cm³/mol. The SMILES string of the molecule is c1ccc(-n2c3ccc(-c4ccc(-n5c6ccccc6c6ccccc65)cc4)cc3c3cc(-c4ccc5c6ccccc6c6ccccc6c5c4)ccc32)cc1. The third-order valence-corrected chi connectivity index (χ3v) is 11.9. The summed E-state index contributed by atoms with van der Waals surface area (Å²) >= 11 is 0. The van der Waals surface area contributed by atoms with Crippen molar-refractivity contribution in [2.24, 2.45) is 0 Å². The van der Waals surface area contributed by atoms with Crippen LogP contribution in [0.25, 0.3) is 110 Å². The zero-order valence-corrected chi connectivity index (χ0v) is 30.5. The number of benzene rings is 10. The molecule has 0 radical (unpaired) electrons. The maximum absolute atomic E-state index is 2.41. The first-order chi connectivity index (χ1) is 27.8. The van der Waals surface area contributed by atoms with E-state index in [0.717, 1.165) is 11.4 Å². The largest absolute Gasteiger partial charge is 0.309 e. The van der Waals surface area contributed by atoms with Crippen LogP contribution in [0.4, 0.5) is 0 Å². The van der Waals surface area contributed by atoms with Gasteiger partial charge in [-0.2, -0.15) is 0 Å². The Labute approximate surface area is 323 Å². The molecule has 0 unspecified atom stereocenters. The number of rotatable bonds is 4. The molecule has 2 aromatic heterocycles. The van der Waals surface area contributed by atoms with Crippen molar-refractivity contribution in [1.29, 1.82) is 0 Å². The van der Waals surface area contributed by atoms with Gasteiger partial charge in [-0.05, 0) is 121 Å². The molecule has 0 spiro atoms. The van der Waals surface area contributed by atoms with Gasteiger partial charge in [0.15, 0.2) is 0 Å². The quantitative estimate of drug-likeness (QED) is 0.161. The highest BCUT2D eigenvalue weighted by molar-refractivity contribution is 6.26. The van der Waals surface area contributed by atoms with Crippen LogP contribution < -0.4 is 0 Å². The summed E-state index contributed by atoms with van der Waals surface area (Å²) in [6, 6.07) is 75.8. The molecule has 12 rings (SSSR count). The molecule has 2 heteroatoms. The smallest absolute Gasteiger partial charge is 0.0541 e. The first-order valence-electron chi connectivity index (χ1n) is 19.3. The van der Waals surface area contributed by atoms with Crippen LogP contribution >= 0.6 is 0 Å². The lowest BCUT2D eigenvalue weighted by Gasteiger charge is -2.12. The number of fused-ring (bicyclic) bond motifs is 12. The summed E-state index contributed by atoms with van der Waals surface area (Å²) in [7, 11) is 0. The van der Waals surface area contributed by atoms with Gasteiger partial charge in [-0.25, -0.2) is 0 Å². The minimum absolute atomic E-state index is 1.16. The van der Waals surface area contributed by atoms with E-state index in [2.05, 4.69) is 215 Å². The second kappa shape index (κ2) is 12.0. The van der Waals surface area contributed by atoms with Gasteiger partial charge < -0.3 is 9.13 Å². The van der Waals surface area contributed by atoms with Gasteiger partial charge in [-0.3, -0.25) is 0 Å². The Kier molecular flexibility index (Phi) is 6.66. The van der Waals surface area contributed by atoms with E-state index in [1.165, 1.54) is 98.2 Å². The summed E-state index contributed by atoms with van der Waals surface area (Å²) in [5.41, 5.74) is 12.0. The zero-order chi connectivity index (χ0) is 36.7. The third-order valence-electron chi connectivity index (χ3n) is 11.9. The summed E-state index contributed by atoms with van der Waals surface area (Å²) in [6.45, 7) is 0. The molecule has 12 aromatic rings. The molecule has 56 heavy (non-hydrogen) atoms. The molecule has 0 saturated heterocycles. The lowest BCUT2D eigenvalue weighted by Crippen LogP contribution is -1.94. The van der Waals surface area contributed by atoms with Gasteiger partial charge in [0.2, 0.25) is 0 Å². The standard InChI is InChI=1S/C54H34N2/c1-2-12-39(13-3-1)55-53-30-25-36(35-22-27-40(28-23-35)56-51-20-10-8-18-46(51)47-19-9-11-21-52(47)56)33-49(53)50-34-38(26-31-54(50)55)37-24-29-45-43-16-5-4-14-41(43)42-15-6-7-17-44(42)48(45)32-37/h1-34H. The summed E-state index contributed by atoms with van der Waals surface area (Å²) in [6.07, 6.45) is 0. The number of aromatic nitrogens is 2. The second-order valence-electron chi connectivity index (χ2n) is 14.9. The van der Waals surface area contributed by atoms with E-state index in [-0.39, 0.29) is 0 Å². The number of hydrogen-bond donors (Lipinski definition) is 0. The summed E-state index contributed by atoms with van der Waals surface area (Å²) in [5.74, 6) is 0. The Bertz CT molecular complexity index is 3420. The van der Waals surface area contributed by atoms with Gasteiger partial charge in [0.25, 0.3) is 0 Å². The topological polar surface area (TPSA) is 9.86 Å². The van der Waals surface area contributed by atoms with Gasteiger partial charge in [0.05, 0.1) is 22.1 Å². The van der Waals surface area contributed by atoms with Gasteiger partial charge >= 0.3 is 0 Å². The van der Waals surface area contributed by atoms with Crippen LogP contribution in [0.1, 0.15) is 0 Å². The van der Waals surface area contributed by atoms with Crippen molar-refractivity contribution in [3.8, 4) is 33.6 Å². The monoisotopic (exact) mass is 710 g/mol. The van der Waals surface area contributed by atoms with Crippen molar-refractivity contribution in [3.05, 3.63) is 206 Å². The van der Waals surface area contributed by atoms with Crippen molar-refractivity contribution in [2.75, 3.05) is 0 Å². The third kappa shape index (κ3) is 4.57. The van der Waals surface area contributed by atoms with Crippen LogP contribution in [0.3, 0.4) is 0 Å².